The Morgan fingerprint density at radius 1 is 1.35 bits per heavy atom. The van der Waals surface area contributed by atoms with Crippen LogP contribution >= 0.6 is 0 Å². The minimum absolute atomic E-state index is 0.278. The Morgan fingerprint density at radius 3 is 2.35 bits per heavy atom. The number of carbonyl (C=O) groups is 1. The topological polar surface area (TPSA) is 37.3 Å². The van der Waals surface area contributed by atoms with Crippen molar-refractivity contribution in [2.75, 3.05) is 0 Å². The lowest BCUT2D eigenvalue weighted by Crippen LogP contribution is -2.32. The lowest BCUT2D eigenvalue weighted by molar-refractivity contribution is -0.149. The number of aryl methyl sites for hydroxylation is 1. The van der Waals surface area contributed by atoms with Gasteiger partial charge in [-0.25, -0.2) is 4.39 Å². The van der Waals surface area contributed by atoms with Gasteiger partial charge in [0.05, 0.1) is 5.41 Å². The molecule has 0 saturated heterocycles. The average Bonchev–Trinajstić information content (AvgIpc) is 2.28. The van der Waals surface area contributed by atoms with Gasteiger partial charge >= 0.3 is 5.97 Å². The summed E-state index contributed by atoms with van der Waals surface area (Å²) in [4.78, 5) is 11.4. The molecule has 0 spiro atoms. The molecule has 0 fully saturated rings. The maximum absolute atomic E-state index is 13.0. The molecule has 0 aromatic heterocycles. The molecule has 0 amide bonds. The van der Waals surface area contributed by atoms with E-state index in [1.165, 1.54) is 12.1 Å². The molecule has 1 aromatic carbocycles. The predicted molar refractivity (Wildman–Crippen MR) is 65.5 cm³/mol. The van der Waals surface area contributed by atoms with Crippen molar-refractivity contribution in [2.45, 2.75) is 40.0 Å². The van der Waals surface area contributed by atoms with Crippen molar-refractivity contribution in [3.05, 3.63) is 35.1 Å². The highest BCUT2D eigenvalue weighted by molar-refractivity contribution is 5.75. The Morgan fingerprint density at radius 2 is 1.94 bits per heavy atom. The molecular formula is C14H19FO2. The van der Waals surface area contributed by atoms with Gasteiger partial charge in [-0.15, -0.1) is 0 Å². The van der Waals surface area contributed by atoms with Crippen LogP contribution in [0.15, 0.2) is 18.2 Å². The summed E-state index contributed by atoms with van der Waals surface area (Å²) in [5.74, 6) is -1.05. The molecule has 1 aromatic rings. The molecule has 1 rings (SSSR count). The van der Waals surface area contributed by atoms with E-state index < -0.39 is 11.4 Å². The van der Waals surface area contributed by atoms with Crippen LogP contribution in [0.3, 0.4) is 0 Å². The molecule has 0 bridgehead atoms. The molecular weight excluding hydrogens is 219 g/mol. The van der Waals surface area contributed by atoms with Crippen LogP contribution in [0, 0.1) is 18.2 Å². The van der Waals surface area contributed by atoms with Crippen LogP contribution < -0.4 is 0 Å². The van der Waals surface area contributed by atoms with Crippen molar-refractivity contribution in [1.82, 2.24) is 0 Å². The van der Waals surface area contributed by atoms with Crippen molar-refractivity contribution < 1.29 is 14.3 Å². The Bertz CT molecular complexity index is 409. The monoisotopic (exact) mass is 238 g/mol. The first-order valence-corrected chi connectivity index (χ1v) is 5.93. The van der Waals surface area contributed by atoms with Crippen molar-refractivity contribution in [1.29, 1.82) is 0 Å². The zero-order valence-corrected chi connectivity index (χ0v) is 10.6. The summed E-state index contributed by atoms with van der Waals surface area (Å²) in [6.07, 6.45) is 1.62. The van der Waals surface area contributed by atoms with E-state index in [-0.39, 0.29) is 5.82 Å². The summed E-state index contributed by atoms with van der Waals surface area (Å²) >= 11 is 0. The summed E-state index contributed by atoms with van der Waals surface area (Å²) < 4.78 is 13.0. The van der Waals surface area contributed by atoms with E-state index in [0.717, 1.165) is 11.1 Å². The van der Waals surface area contributed by atoms with Crippen molar-refractivity contribution in [2.24, 2.45) is 5.41 Å². The van der Waals surface area contributed by atoms with Gasteiger partial charge in [0.25, 0.3) is 0 Å². The molecule has 94 valence electrons. The summed E-state index contributed by atoms with van der Waals surface area (Å²) in [6.45, 7) is 5.59. The molecule has 3 heteroatoms. The molecule has 1 N–H and O–H groups in total. The molecule has 0 radical (unpaired) electrons. The van der Waals surface area contributed by atoms with E-state index >= 15 is 0 Å². The van der Waals surface area contributed by atoms with Gasteiger partial charge in [-0.3, -0.25) is 4.79 Å². The molecule has 0 aliphatic carbocycles. The highest BCUT2D eigenvalue weighted by Gasteiger charge is 2.35. The standard InChI is InChI=1S/C14H19FO2/c1-4-14(5-2,13(16)17)9-11-6-7-12(15)8-10(11)3/h6-8H,4-5,9H2,1-3H3,(H,16,17). The highest BCUT2D eigenvalue weighted by Crippen LogP contribution is 2.32. The van der Waals surface area contributed by atoms with Crippen LogP contribution in [-0.4, -0.2) is 11.1 Å². The Hall–Kier alpha value is -1.38. The lowest BCUT2D eigenvalue weighted by Gasteiger charge is -2.27. The fraction of sp³-hybridized carbons (Fsp3) is 0.500. The summed E-state index contributed by atoms with van der Waals surface area (Å²) in [6, 6.07) is 4.53. The van der Waals surface area contributed by atoms with Gasteiger partial charge in [0.1, 0.15) is 5.82 Å². The van der Waals surface area contributed by atoms with Gasteiger partial charge in [0, 0.05) is 0 Å². The minimum Gasteiger partial charge on any atom is -0.481 e. The second kappa shape index (κ2) is 5.30. The van der Waals surface area contributed by atoms with Crippen LogP contribution in [0.2, 0.25) is 0 Å². The second-order valence-electron chi connectivity index (χ2n) is 4.54. The molecule has 0 heterocycles. The van der Waals surface area contributed by atoms with Gasteiger partial charge in [0.2, 0.25) is 0 Å². The van der Waals surface area contributed by atoms with Crippen molar-refractivity contribution >= 4 is 5.97 Å². The second-order valence-corrected chi connectivity index (χ2v) is 4.54. The van der Waals surface area contributed by atoms with Gasteiger partial charge in [-0.2, -0.15) is 0 Å². The van der Waals surface area contributed by atoms with E-state index in [2.05, 4.69) is 0 Å². The first-order valence-electron chi connectivity index (χ1n) is 5.93. The van der Waals surface area contributed by atoms with E-state index in [0.29, 0.717) is 19.3 Å². The van der Waals surface area contributed by atoms with Gasteiger partial charge in [-0.05, 0) is 49.4 Å². The van der Waals surface area contributed by atoms with Gasteiger partial charge in [-0.1, -0.05) is 19.9 Å². The highest BCUT2D eigenvalue weighted by atomic mass is 19.1. The van der Waals surface area contributed by atoms with Gasteiger partial charge < -0.3 is 5.11 Å². The third-order valence-corrected chi connectivity index (χ3v) is 3.64. The molecule has 2 nitrogen and oxygen atoms in total. The summed E-state index contributed by atoms with van der Waals surface area (Å²) in [7, 11) is 0. The number of aliphatic carboxylic acids is 1. The average molecular weight is 238 g/mol. The van der Waals surface area contributed by atoms with Crippen LogP contribution in [-0.2, 0) is 11.2 Å². The summed E-state index contributed by atoms with van der Waals surface area (Å²) in [5.41, 5.74) is 0.998. The van der Waals surface area contributed by atoms with E-state index in [1.54, 1.807) is 6.07 Å². The van der Waals surface area contributed by atoms with Crippen LogP contribution in [0.1, 0.15) is 37.8 Å². The largest absolute Gasteiger partial charge is 0.481 e. The SMILES string of the molecule is CCC(CC)(Cc1ccc(F)cc1C)C(=O)O. The minimum atomic E-state index is -0.772. The lowest BCUT2D eigenvalue weighted by atomic mass is 9.76. The number of benzene rings is 1. The Kier molecular flexibility index (Phi) is 4.27. The van der Waals surface area contributed by atoms with Crippen LogP contribution in [0.5, 0.6) is 0 Å². The predicted octanol–water partition coefficient (Wildman–Crippen LogP) is 3.57. The zero-order valence-electron chi connectivity index (χ0n) is 10.6. The molecule has 0 aliphatic heterocycles. The first-order chi connectivity index (χ1) is 7.95. The van der Waals surface area contributed by atoms with Crippen molar-refractivity contribution in [3.8, 4) is 0 Å². The normalized spacial score (nSPS) is 11.5. The molecule has 0 aliphatic rings. The van der Waals surface area contributed by atoms with Crippen LogP contribution in [0.4, 0.5) is 4.39 Å². The number of carboxylic acid groups (broad SMARTS) is 1. The van der Waals surface area contributed by atoms with E-state index in [4.69, 9.17) is 0 Å². The quantitative estimate of drug-likeness (QED) is 0.851. The number of halogens is 1. The summed E-state index contributed by atoms with van der Waals surface area (Å²) in [5, 5.41) is 9.36. The Balaban J connectivity index is 3.05. The smallest absolute Gasteiger partial charge is 0.309 e. The van der Waals surface area contributed by atoms with Crippen LogP contribution in [0.25, 0.3) is 0 Å². The molecule has 17 heavy (non-hydrogen) atoms. The fourth-order valence-electron chi connectivity index (χ4n) is 2.10. The Labute approximate surface area is 101 Å². The third kappa shape index (κ3) is 2.84. The molecule has 0 saturated carbocycles. The van der Waals surface area contributed by atoms with E-state index in [9.17, 15) is 14.3 Å². The third-order valence-electron chi connectivity index (χ3n) is 3.64. The van der Waals surface area contributed by atoms with Crippen molar-refractivity contribution in [3.63, 3.8) is 0 Å². The zero-order chi connectivity index (χ0) is 13.1. The first kappa shape index (κ1) is 13.7. The molecule has 0 unspecified atom stereocenters. The molecule has 0 atom stereocenters. The maximum atomic E-state index is 13.0. The number of hydrogen-bond acceptors (Lipinski definition) is 1. The number of carboxylic acids is 1. The number of rotatable bonds is 5. The van der Waals surface area contributed by atoms with E-state index in [1.807, 2.05) is 20.8 Å². The number of hydrogen-bond donors (Lipinski definition) is 1. The maximum Gasteiger partial charge on any atom is 0.309 e. The van der Waals surface area contributed by atoms with Gasteiger partial charge in [0.15, 0.2) is 0 Å². The fourth-order valence-corrected chi connectivity index (χ4v) is 2.10.